The van der Waals surface area contributed by atoms with Crippen LogP contribution in [0.5, 0.6) is 11.5 Å². The van der Waals surface area contributed by atoms with E-state index in [2.05, 4.69) is 18.4 Å². The van der Waals surface area contributed by atoms with Gasteiger partial charge in [-0.3, -0.25) is 0 Å². The van der Waals surface area contributed by atoms with Gasteiger partial charge in [0.05, 0.1) is 19.8 Å². The van der Waals surface area contributed by atoms with Crippen LogP contribution in [0.1, 0.15) is 23.8 Å². The predicted octanol–water partition coefficient (Wildman–Crippen LogP) is 3.65. The summed E-state index contributed by atoms with van der Waals surface area (Å²) in [5.74, 6) is 1.49. The minimum absolute atomic E-state index is 0.0254. The molecule has 1 heterocycles. The third kappa shape index (κ3) is 4.25. The highest BCUT2D eigenvalue weighted by Gasteiger charge is 2.06. The maximum absolute atomic E-state index is 9.35. The van der Waals surface area contributed by atoms with Crippen molar-refractivity contribution < 1.29 is 14.6 Å². The van der Waals surface area contributed by atoms with Gasteiger partial charge in [0, 0.05) is 22.9 Å². The fourth-order valence-electron chi connectivity index (χ4n) is 1.83. The SMILES string of the molecule is CCCOc1ccc(CO)c(OCCc2cccs2)c1. The number of ether oxygens (including phenoxy) is 2. The molecule has 0 aliphatic carbocycles. The van der Waals surface area contributed by atoms with Gasteiger partial charge >= 0.3 is 0 Å². The van der Waals surface area contributed by atoms with Crippen LogP contribution in [-0.4, -0.2) is 18.3 Å². The Morgan fingerprint density at radius 3 is 2.75 bits per heavy atom. The second-order valence-electron chi connectivity index (χ2n) is 4.45. The van der Waals surface area contributed by atoms with Crippen molar-refractivity contribution in [1.82, 2.24) is 0 Å². The Morgan fingerprint density at radius 2 is 2.05 bits per heavy atom. The minimum atomic E-state index is -0.0254. The molecule has 0 spiro atoms. The van der Waals surface area contributed by atoms with Crippen molar-refractivity contribution in [2.24, 2.45) is 0 Å². The summed E-state index contributed by atoms with van der Waals surface area (Å²) in [7, 11) is 0. The smallest absolute Gasteiger partial charge is 0.128 e. The van der Waals surface area contributed by atoms with E-state index in [0.717, 1.165) is 24.2 Å². The molecule has 0 amide bonds. The quantitative estimate of drug-likeness (QED) is 0.807. The fourth-order valence-corrected chi connectivity index (χ4v) is 2.52. The summed E-state index contributed by atoms with van der Waals surface area (Å²) in [6.45, 7) is 3.33. The third-order valence-corrected chi connectivity index (χ3v) is 3.80. The van der Waals surface area contributed by atoms with E-state index < -0.39 is 0 Å². The summed E-state index contributed by atoms with van der Waals surface area (Å²) in [4.78, 5) is 1.30. The Labute approximate surface area is 123 Å². The first kappa shape index (κ1) is 14.9. The molecule has 0 fully saturated rings. The number of hydrogen-bond donors (Lipinski definition) is 1. The van der Waals surface area contributed by atoms with E-state index in [1.54, 1.807) is 11.3 Å². The normalized spacial score (nSPS) is 10.5. The Balaban J connectivity index is 1.96. The zero-order valence-electron chi connectivity index (χ0n) is 11.7. The molecule has 0 atom stereocenters. The molecule has 0 bridgehead atoms. The van der Waals surface area contributed by atoms with Gasteiger partial charge in [0.1, 0.15) is 11.5 Å². The Kier molecular flexibility index (Phi) is 5.89. The van der Waals surface area contributed by atoms with Gasteiger partial charge in [-0.25, -0.2) is 0 Å². The molecule has 2 rings (SSSR count). The van der Waals surface area contributed by atoms with Crippen molar-refractivity contribution in [3.8, 4) is 11.5 Å². The third-order valence-electron chi connectivity index (χ3n) is 2.87. The summed E-state index contributed by atoms with van der Waals surface area (Å²) in [6, 6.07) is 9.72. The van der Waals surface area contributed by atoms with Crippen LogP contribution in [0.3, 0.4) is 0 Å². The number of hydrogen-bond acceptors (Lipinski definition) is 4. The van der Waals surface area contributed by atoms with E-state index in [4.69, 9.17) is 9.47 Å². The van der Waals surface area contributed by atoms with Crippen molar-refractivity contribution in [3.63, 3.8) is 0 Å². The molecule has 1 aromatic heterocycles. The number of thiophene rings is 1. The monoisotopic (exact) mass is 292 g/mol. The van der Waals surface area contributed by atoms with Gasteiger partial charge in [-0.2, -0.15) is 0 Å². The molecule has 0 saturated carbocycles. The van der Waals surface area contributed by atoms with Gasteiger partial charge in [-0.05, 0) is 30.0 Å². The lowest BCUT2D eigenvalue weighted by Crippen LogP contribution is -2.03. The van der Waals surface area contributed by atoms with Crippen LogP contribution in [0.15, 0.2) is 35.7 Å². The summed E-state index contributed by atoms with van der Waals surface area (Å²) >= 11 is 1.73. The number of benzene rings is 1. The fraction of sp³-hybridized carbons (Fsp3) is 0.375. The van der Waals surface area contributed by atoms with Gasteiger partial charge in [-0.1, -0.05) is 13.0 Å². The largest absolute Gasteiger partial charge is 0.493 e. The van der Waals surface area contributed by atoms with Crippen molar-refractivity contribution in [2.75, 3.05) is 13.2 Å². The topological polar surface area (TPSA) is 38.7 Å². The van der Waals surface area contributed by atoms with Gasteiger partial charge in [-0.15, -0.1) is 11.3 Å². The zero-order chi connectivity index (χ0) is 14.2. The van der Waals surface area contributed by atoms with Crippen LogP contribution in [0.4, 0.5) is 0 Å². The summed E-state index contributed by atoms with van der Waals surface area (Å²) in [5, 5.41) is 11.4. The molecule has 0 aliphatic heterocycles. The maximum atomic E-state index is 9.35. The number of aliphatic hydroxyl groups is 1. The van der Waals surface area contributed by atoms with E-state index >= 15 is 0 Å². The lowest BCUT2D eigenvalue weighted by Gasteiger charge is -2.12. The second kappa shape index (κ2) is 7.92. The molecule has 4 heteroatoms. The van der Waals surface area contributed by atoms with Crippen molar-refractivity contribution in [1.29, 1.82) is 0 Å². The molecule has 0 aliphatic rings. The van der Waals surface area contributed by atoms with E-state index in [1.807, 2.05) is 24.3 Å². The van der Waals surface area contributed by atoms with Crippen LogP contribution < -0.4 is 9.47 Å². The van der Waals surface area contributed by atoms with Crippen LogP contribution >= 0.6 is 11.3 Å². The highest BCUT2D eigenvalue weighted by molar-refractivity contribution is 7.09. The zero-order valence-corrected chi connectivity index (χ0v) is 12.5. The van der Waals surface area contributed by atoms with E-state index in [1.165, 1.54) is 4.88 Å². The molecule has 108 valence electrons. The molecule has 20 heavy (non-hydrogen) atoms. The second-order valence-corrected chi connectivity index (χ2v) is 5.49. The summed E-state index contributed by atoms with van der Waals surface area (Å²) in [6.07, 6.45) is 1.85. The average molecular weight is 292 g/mol. The van der Waals surface area contributed by atoms with Gasteiger partial charge in [0.2, 0.25) is 0 Å². The number of aliphatic hydroxyl groups excluding tert-OH is 1. The van der Waals surface area contributed by atoms with Crippen LogP contribution in [0.2, 0.25) is 0 Å². The minimum Gasteiger partial charge on any atom is -0.493 e. The van der Waals surface area contributed by atoms with Crippen molar-refractivity contribution >= 4 is 11.3 Å². The average Bonchev–Trinajstić information content (AvgIpc) is 2.98. The summed E-state index contributed by atoms with van der Waals surface area (Å²) in [5.41, 5.74) is 0.792. The van der Waals surface area contributed by atoms with E-state index in [9.17, 15) is 5.11 Å². The van der Waals surface area contributed by atoms with Crippen molar-refractivity contribution in [3.05, 3.63) is 46.2 Å². The Bertz CT molecular complexity index is 508. The summed E-state index contributed by atoms with van der Waals surface area (Å²) < 4.78 is 11.4. The molecule has 0 saturated heterocycles. The number of rotatable bonds is 8. The van der Waals surface area contributed by atoms with Crippen molar-refractivity contribution in [2.45, 2.75) is 26.4 Å². The van der Waals surface area contributed by atoms with E-state index in [0.29, 0.717) is 19.0 Å². The van der Waals surface area contributed by atoms with Gasteiger partial charge < -0.3 is 14.6 Å². The molecular weight excluding hydrogens is 272 g/mol. The van der Waals surface area contributed by atoms with E-state index in [-0.39, 0.29) is 6.61 Å². The van der Waals surface area contributed by atoms with Crippen LogP contribution in [0, 0.1) is 0 Å². The molecule has 1 aromatic carbocycles. The maximum Gasteiger partial charge on any atom is 0.128 e. The first-order chi connectivity index (χ1) is 9.83. The lowest BCUT2D eigenvalue weighted by atomic mass is 10.2. The predicted molar refractivity (Wildman–Crippen MR) is 81.7 cm³/mol. The highest BCUT2D eigenvalue weighted by atomic mass is 32.1. The molecule has 3 nitrogen and oxygen atoms in total. The molecule has 0 unspecified atom stereocenters. The Morgan fingerprint density at radius 1 is 1.15 bits per heavy atom. The molecular formula is C16H20O3S. The van der Waals surface area contributed by atoms with Crippen LogP contribution in [-0.2, 0) is 13.0 Å². The molecule has 0 radical (unpaired) electrons. The lowest BCUT2D eigenvalue weighted by molar-refractivity contribution is 0.261. The van der Waals surface area contributed by atoms with Gasteiger partial charge in [0.25, 0.3) is 0 Å². The van der Waals surface area contributed by atoms with Crippen LogP contribution in [0.25, 0.3) is 0 Å². The Hall–Kier alpha value is -1.52. The molecule has 2 aromatic rings. The highest BCUT2D eigenvalue weighted by Crippen LogP contribution is 2.25. The van der Waals surface area contributed by atoms with Gasteiger partial charge in [0.15, 0.2) is 0 Å². The first-order valence-corrected chi connectivity index (χ1v) is 7.73. The first-order valence-electron chi connectivity index (χ1n) is 6.85. The molecule has 1 N–H and O–H groups in total. The standard InChI is InChI=1S/C16H20O3S/c1-2-8-18-14-6-5-13(12-17)16(11-14)19-9-7-15-4-3-10-20-15/h3-6,10-11,17H,2,7-9,12H2,1H3.